The summed E-state index contributed by atoms with van der Waals surface area (Å²) in [6.07, 6.45) is 3.21. The molecule has 0 spiro atoms. The van der Waals surface area contributed by atoms with E-state index < -0.39 is 0 Å². The van der Waals surface area contributed by atoms with Crippen LogP contribution in [0.15, 0.2) is 41.2 Å². The molecule has 1 heterocycles. The highest BCUT2D eigenvalue weighted by Gasteiger charge is 2.11. The molecule has 0 aliphatic heterocycles. The van der Waals surface area contributed by atoms with E-state index in [9.17, 15) is 0 Å². The molecule has 2 rings (SSSR count). The molecule has 0 aliphatic rings. The van der Waals surface area contributed by atoms with Crippen molar-refractivity contribution in [3.63, 3.8) is 0 Å². The molecule has 0 saturated carbocycles. The Labute approximate surface area is 97.6 Å². The van der Waals surface area contributed by atoms with Crippen LogP contribution in [0.2, 0.25) is 10.0 Å². The predicted molar refractivity (Wildman–Crippen MR) is 61.2 cm³/mol. The average Bonchev–Trinajstić information content (AvgIpc) is 2.74. The third kappa shape index (κ3) is 2.17. The van der Waals surface area contributed by atoms with Crippen molar-refractivity contribution in [1.82, 2.24) is 0 Å². The summed E-state index contributed by atoms with van der Waals surface area (Å²) >= 11 is 11.7. The highest BCUT2D eigenvalue weighted by molar-refractivity contribution is 6.42. The number of hydrogen-bond acceptors (Lipinski definition) is 2. The fraction of sp³-hybridized carbons (Fsp3) is 0.0909. The second kappa shape index (κ2) is 4.27. The molecular formula is C11H9Cl2NO. The first kappa shape index (κ1) is 10.6. The summed E-state index contributed by atoms with van der Waals surface area (Å²) in [6, 6.07) is 6.94. The normalized spacial score (nSPS) is 12.7. The topological polar surface area (TPSA) is 39.2 Å². The van der Waals surface area contributed by atoms with Gasteiger partial charge in [0.2, 0.25) is 0 Å². The molecule has 0 bridgehead atoms. The van der Waals surface area contributed by atoms with Crippen LogP contribution in [0.5, 0.6) is 0 Å². The van der Waals surface area contributed by atoms with E-state index in [2.05, 4.69) is 0 Å². The second-order valence-electron chi connectivity index (χ2n) is 3.21. The van der Waals surface area contributed by atoms with Gasteiger partial charge < -0.3 is 10.2 Å². The molecule has 2 aromatic rings. The van der Waals surface area contributed by atoms with Crippen LogP contribution in [-0.2, 0) is 0 Å². The third-order valence-corrected chi connectivity index (χ3v) is 2.94. The van der Waals surface area contributed by atoms with Crippen LogP contribution in [0.3, 0.4) is 0 Å². The highest BCUT2D eigenvalue weighted by Crippen LogP contribution is 2.27. The lowest BCUT2D eigenvalue weighted by Gasteiger charge is -2.10. The molecule has 1 atom stereocenters. The van der Waals surface area contributed by atoms with Gasteiger partial charge in [-0.15, -0.1) is 0 Å². The quantitative estimate of drug-likeness (QED) is 0.873. The Kier molecular flexibility index (Phi) is 3.00. The highest BCUT2D eigenvalue weighted by atomic mass is 35.5. The van der Waals surface area contributed by atoms with Crippen LogP contribution in [0.4, 0.5) is 0 Å². The summed E-state index contributed by atoms with van der Waals surface area (Å²) in [7, 11) is 0. The molecule has 2 nitrogen and oxygen atoms in total. The van der Waals surface area contributed by atoms with E-state index in [1.165, 1.54) is 0 Å². The molecule has 0 aliphatic carbocycles. The maximum atomic E-state index is 6.02. The monoisotopic (exact) mass is 241 g/mol. The van der Waals surface area contributed by atoms with Crippen molar-refractivity contribution >= 4 is 23.2 Å². The Morgan fingerprint density at radius 1 is 1.07 bits per heavy atom. The Balaban J connectivity index is 2.34. The van der Waals surface area contributed by atoms with E-state index in [1.807, 2.05) is 12.1 Å². The largest absolute Gasteiger partial charge is 0.472 e. The fourth-order valence-electron chi connectivity index (χ4n) is 1.35. The van der Waals surface area contributed by atoms with Gasteiger partial charge in [0.25, 0.3) is 0 Å². The lowest BCUT2D eigenvalue weighted by atomic mass is 10.0. The summed E-state index contributed by atoms with van der Waals surface area (Å²) in [5.41, 5.74) is 7.84. The van der Waals surface area contributed by atoms with Crippen LogP contribution in [0, 0.1) is 0 Å². The second-order valence-corrected chi connectivity index (χ2v) is 4.02. The van der Waals surface area contributed by atoms with Crippen LogP contribution in [0.1, 0.15) is 17.2 Å². The number of rotatable bonds is 2. The molecule has 2 N–H and O–H groups in total. The summed E-state index contributed by atoms with van der Waals surface area (Å²) < 4.78 is 4.97. The van der Waals surface area contributed by atoms with Crippen molar-refractivity contribution in [2.24, 2.45) is 5.73 Å². The maximum Gasteiger partial charge on any atom is 0.0953 e. The summed E-state index contributed by atoms with van der Waals surface area (Å²) in [6.45, 7) is 0. The number of hydrogen-bond donors (Lipinski definition) is 1. The molecule has 78 valence electrons. The first-order chi connectivity index (χ1) is 7.18. The van der Waals surface area contributed by atoms with Crippen molar-refractivity contribution in [3.8, 4) is 0 Å². The summed E-state index contributed by atoms with van der Waals surface area (Å²) in [5, 5.41) is 1.04. The maximum absolute atomic E-state index is 6.02. The predicted octanol–water partition coefficient (Wildman–Crippen LogP) is 3.63. The summed E-state index contributed by atoms with van der Waals surface area (Å²) in [5.74, 6) is 0. The zero-order chi connectivity index (χ0) is 10.8. The number of furan rings is 1. The minimum absolute atomic E-state index is 0.237. The molecule has 1 unspecified atom stereocenters. The molecular weight excluding hydrogens is 233 g/mol. The first-order valence-corrected chi connectivity index (χ1v) is 5.16. The van der Waals surface area contributed by atoms with E-state index in [1.54, 1.807) is 24.7 Å². The van der Waals surface area contributed by atoms with Gasteiger partial charge in [-0.2, -0.15) is 0 Å². The van der Waals surface area contributed by atoms with E-state index in [0.29, 0.717) is 10.0 Å². The third-order valence-electron chi connectivity index (χ3n) is 2.21. The Bertz CT molecular complexity index is 454. The molecule has 0 fully saturated rings. The first-order valence-electron chi connectivity index (χ1n) is 4.41. The van der Waals surface area contributed by atoms with E-state index in [0.717, 1.165) is 11.1 Å². The Morgan fingerprint density at radius 3 is 2.47 bits per heavy atom. The summed E-state index contributed by atoms with van der Waals surface area (Å²) in [4.78, 5) is 0. The molecule has 1 aromatic carbocycles. The fourth-order valence-corrected chi connectivity index (χ4v) is 1.66. The molecule has 0 radical (unpaired) electrons. The van der Waals surface area contributed by atoms with Crippen molar-refractivity contribution in [2.75, 3.05) is 0 Å². The van der Waals surface area contributed by atoms with Gasteiger partial charge in [0.15, 0.2) is 0 Å². The average molecular weight is 242 g/mol. The zero-order valence-electron chi connectivity index (χ0n) is 7.78. The van der Waals surface area contributed by atoms with Crippen LogP contribution >= 0.6 is 23.2 Å². The number of benzene rings is 1. The van der Waals surface area contributed by atoms with Gasteiger partial charge in [-0.25, -0.2) is 0 Å². The molecule has 0 amide bonds. The molecule has 15 heavy (non-hydrogen) atoms. The minimum atomic E-state index is -0.237. The van der Waals surface area contributed by atoms with Gasteiger partial charge in [-0.1, -0.05) is 29.3 Å². The van der Waals surface area contributed by atoms with Gasteiger partial charge in [0.05, 0.1) is 28.6 Å². The lowest BCUT2D eigenvalue weighted by molar-refractivity contribution is 0.562. The van der Waals surface area contributed by atoms with Crippen LogP contribution in [0.25, 0.3) is 0 Å². The lowest BCUT2D eigenvalue weighted by Crippen LogP contribution is -2.10. The zero-order valence-corrected chi connectivity index (χ0v) is 9.29. The molecule has 4 heteroatoms. The van der Waals surface area contributed by atoms with Gasteiger partial charge in [-0.3, -0.25) is 0 Å². The van der Waals surface area contributed by atoms with Gasteiger partial charge in [0.1, 0.15) is 0 Å². The Morgan fingerprint density at radius 2 is 1.87 bits per heavy atom. The van der Waals surface area contributed by atoms with Crippen molar-refractivity contribution in [3.05, 3.63) is 58.0 Å². The standard InChI is InChI=1S/C11H9Cl2NO/c12-9-2-1-7(5-10(9)13)11(14)8-3-4-15-6-8/h1-6,11H,14H2. The SMILES string of the molecule is NC(c1ccoc1)c1ccc(Cl)c(Cl)c1. The van der Waals surface area contributed by atoms with Crippen molar-refractivity contribution < 1.29 is 4.42 Å². The van der Waals surface area contributed by atoms with Crippen molar-refractivity contribution in [1.29, 1.82) is 0 Å². The van der Waals surface area contributed by atoms with Crippen LogP contribution in [-0.4, -0.2) is 0 Å². The molecule has 0 saturated heterocycles. The smallest absolute Gasteiger partial charge is 0.0953 e. The van der Waals surface area contributed by atoms with Gasteiger partial charge in [0, 0.05) is 5.56 Å². The van der Waals surface area contributed by atoms with E-state index >= 15 is 0 Å². The van der Waals surface area contributed by atoms with E-state index in [-0.39, 0.29) is 6.04 Å². The van der Waals surface area contributed by atoms with Gasteiger partial charge >= 0.3 is 0 Å². The number of halogens is 2. The van der Waals surface area contributed by atoms with Gasteiger partial charge in [-0.05, 0) is 23.8 Å². The van der Waals surface area contributed by atoms with E-state index in [4.69, 9.17) is 33.4 Å². The Hall–Kier alpha value is -0.960. The minimum Gasteiger partial charge on any atom is -0.472 e. The number of nitrogens with two attached hydrogens (primary N) is 1. The molecule has 1 aromatic heterocycles. The van der Waals surface area contributed by atoms with Crippen molar-refractivity contribution in [2.45, 2.75) is 6.04 Å². The van der Waals surface area contributed by atoms with Crippen LogP contribution < -0.4 is 5.73 Å².